The normalized spacial score (nSPS) is 17.3. The molecule has 0 aromatic heterocycles. The fourth-order valence-corrected chi connectivity index (χ4v) is 3.03. The van der Waals surface area contributed by atoms with Gasteiger partial charge in [-0.05, 0) is 35.9 Å². The molecule has 1 heterocycles. The van der Waals surface area contributed by atoms with Crippen LogP contribution in [0.15, 0.2) is 59.9 Å². The van der Waals surface area contributed by atoms with Crippen molar-refractivity contribution in [1.82, 2.24) is 0 Å². The zero-order valence-electron chi connectivity index (χ0n) is 14.3. The van der Waals surface area contributed by atoms with Gasteiger partial charge in [-0.3, -0.25) is 14.5 Å². The highest BCUT2D eigenvalue weighted by Crippen LogP contribution is 2.42. The number of amides is 1. The van der Waals surface area contributed by atoms with Gasteiger partial charge in [0.1, 0.15) is 11.6 Å². The van der Waals surface area contributed by atoms with E-state index in [9.17, 15) is 24.2 Å². The third-order valence-corrected chi connectivity index (χ3v) is 4.29. The van der Waals surface area contributed by atoms with Crippen LogP contribution in [0.5, 0.6) is 5.75 Å². The van der Waals surface area contributed by atoms with Gasteiger partial charge < -0.3 is 10.2 Å². The Morgan fingerprint density at radius 1 is 1.12 bits per heavy atom. The second kappa shape index (κ2) is 6.63. The zero-order chi connectivity index (χ0) is 19.0. The molecule has 6 heteroatoms. The van der Waals surface area contributed by atoms with E-state index < -0.39 is 29.4 Å². The predicted octanol–water partition coefficient (Wildman–Crippen LogP) is 3.66. The van der Waals surface area contributed by atoms with Crippen LogP contribution in [0.4, 0.5) is 10.1 Å². The number of phenolic OH excluding ortho intramolecular Hbond substituents is 1. The molecule has 2 N–H and O–H groups in total. The van der Waals surface area contributed by atoms with E-state index >= 15 is 0 Å². The number of aromatic hydroxyl groups is 1. The van der Waals surface area contributed by atoms with E-state index in [-0.39, 0.29) is 22.8 Å². The summed E-state index contributed by atoms with van der Waals surface area (Å²) in [5.41, 5.74) is 0.722. The van der Waals surface area contributed by atoms with Crippen LogP contribution in [-0.2, 0) is 9.59 Å². The first-order valence-corrected chi connectivity index (χ1v) is 8.16. The molecule has 2 aromatic rings. The van der Waals surface area contributed by atoms with Crippen molar-refractivity contribution in [1.29, 1.82) is 0 Å². The number of benzene rings is 2. The molecule has 0 spiro atoms. The summed E-state index contributed by atoms with van der Waals surface area (Å²) < 4.78 is 13.7. The van der Waals surface area contributed by atoms with Gasteiger partial charge in [0, 0.05) is 11.6 Å². The number of ketones is 1. The van der Waals surface area contributed by atoms with Crippen LogP contribution in [0, 0.1) is 11.7 Å². The third-order valence-electron chi connectivity index (χ3n) is 4.29. The molecular formula is C20H18FNO4. The van der Waals surface area contributed by atoms with Gasteiger partial charge in [-0.25, -0.2) is 4.39 Å². The van der Waals surface area contributed by atoms with Gasteiger partial charge in [-0.2, -0.15) is 0 Å². The van der Waals surface area contributed by atoms with Gasteiger partial charge in [-0.15, -0.1) is 0 Å². The summed E-state index contributed by atoms with van der Waals surface area (Å²) in [6.07, 6.45) is 0. The van der Waals surface area contributed by atoms with Crippen LogP contribution in [0.1, 0.15) is 25.5 Å². The molecule has 1 unspecified atom stereocenters. The summed E-state index contributed by atoms with van der Waals surface area (Å²) in [7, 11) is 0. The zero-order valence-corrected chi connectivity index (χ0v) is 14.3. The van der Waals surface area contributed by atoms with Crippen LogP contribution >= 0.6 is 0 Å². The summed E-state index contributed by atoms with van der Waals surface area (Å²) in [5.74, 6) is -2.72. The summed E-state index contributed by atoms with van der Waals surface area (Å²) >= 11 is 0. The van der Waals surface area contributed by atoms with E-state index in [0.29, 0.717) is 5.56 Å². The number of aliphatic hydroxyl groups excluding tert-OH is 1. The number of carbonyl (C=O) groups excluding carboxylic acids is 2. The Morgan fingerprint density at radius 3 is 2.35 bits per heavy atom. The fourth-order valence-electron chi connectivity index (χ4n) is 3.03. The van der Waals surface area contributed by atoms with Crippen molar-refractivity contribution in [3.63, 3.8) is 0 Å². The number of nitrogens with zero attached hydrogens (tertiary/aromatic N) is 1. The van der Waals surface area contributed by atoms with Crippen LogP contribution < -0.4 is 4.90 Å². The molecule has 134 valence electrons. The van der Waals surface area contributed by atoms with E-state index in [4.69, 9.17) is 0 Å². The first-order valence-electron chi connectivity index (χ1n) is 8.16. The SMILES string of the molecule is CC(C)C(=O)C1=C(O)C(=O)N(c2cccc(F)c2)C1c1ccc(O)cc1. The lowest BCUT2D eigenvalue weighted by atomic mass is 9.91. The van der Waals surface area contributed by atoms with Crippen LogP contribution in [0.25, 0.3) is 0 Å². The number of anilines is 1. The van der Waals surface area contributed by atoms with E-state index in [2.05, 4.69) is 0 Å². The van der Waals surface area contributed by atoms with E-state index in [0.717, 1.165) is 0 Å². The fraction of sp³-hybridized carbons (Fsp3) is 0.200. The summed E-state index contributed by atoms with van der Waals surface area (Å²) in [6, 6.07) is 10.5. The Bertz CT molecular complexity index is 902. The van der Waals surface area contributed by atoms with Crippen molar-refractivity contribution in [2.45, 2.75) is 19.9 Å². The summed E-state index contributed by atoms with van der Waals surface area (Å²) in [6.45, 7) is 3.34. The van der Waals surface area contributed by atoms with Gasteiger partial charge in [0.2, 0.25) is 0 Å². The smallest absolute Gasteiger partial charge is 0.294 e. The molecule has 3 rings (SSSR count). The maximum Gasteiger partial charge on any atom is 0.294 e. The summed E-state index contributed by atoms with van der Waals surface area (Å²) in [5, 5.41) is 19.9. The van der Waals surface area contributed by atoms with Gasteiger partial charge in [0.15, 0.2) is 11.5 Å². The van der Waals surface area contributed by atoms with Gasteiger partial charge in [0.05, 0.1) is 11.6 Å². The monoisotopic (exact) mass is 355 g/mol. The topological polar surface area (TPSA) is 77.8 Å². The van der Waals surface area contributed by atoms with E-state index in [1.165, 1.54) is 41.3 Å². The minimum Gasteiger partial charge on any atom is -0.508 e. The van der Waals surface area contributed by atoms with Gasteiger partial charge in [-0.1, -0.05) is 32.0 Å². The average molecular weight is 355 g/mol. The predicted molar refractivity (Wildman–Crippen MR) is 94.2 cm³/mol. The molecule has 0 aliphatic carbocycles. The van der Waals surface area contributed by atoms with Crippen LogP contribution in [-0.4, -0.2) is 21.9 Å². The molecular weight excluding hydrogens is 337 g/mol. The Hall–Kier alpha value is -3.15. The van der Waals surface area contributed by atoms with Crippen molar-refractivity contribution in [3.8, 4) is 5.75 Å². The molecule has 0 radical (unpaired) electrons. The number of hydrogen-bond donors (Lipinski definition) is 2. The largest absolute Gasteiger partial charge is 0.508 e. The first-order chi connectivity index (χ1) is 12.3. The third kappa shape index (κ3) is 2.94. The standard InChI is InChI=1S/C20H18FNO4/c1-11(2)18(24)16-17(12-6-8-15(23)9-7-12)22(20(26)19(16)25)14-5-3-4-13(21)10-14/h3-11,17,23,25H,1-2H3. The molecule has 2 aromatic carbocycles. The maximum absolute atomic E-state index is 13.7. The Morgan fingerprint density at radius 2 is 1.77 bits per heavy atom. The lowest BCUT2D eigenvalue weighted by Crippen LogP contribution is -2.31. The highest BCUT2D eigenvalue weighted by Gasteiger charge is 2.44. The Balaban J connectivity index is 2.19. The first kappa shape index (κ1) is 17.7. The molecule has 26 heavy (non-hydrogen) atoms. The van der Waals surface area contributed by atoms with Gasteiger partial charge in [0.25, 0.3) is 5.91 Å². The lowest BCUT2D eigenvalue weighted by molar-refractivity contribution is -0.119. The van der Waals surface area contributed by atoms with Gasteiger partial charge >= 0.3 is 0 Å². The molecule has 0 saturated carbocycles. The van der Waals surface area contributed by atoms with E-state index in [1.807, 2.05) is 0 Å². The Kier molecular flexibility index (Phi) is 4.50. The Labute approximate surface area is 150 Å². The van der Waals surface area contributed by atoms with Crippen molar-refractivity contribution in [3.05, 3.63) is 71.2 Å². The second-order valence-electron chi connectivity index (χ2n) is 6.43. The number of hydrogen-bond acceptors (Lipinski definition) is 4. The van der Waals surface area contributed by atoms with Crippen molar-refractivity contribution in [2.75, 3.05) is 4.90 Å². The van der Waals surface area contributed by atoms with Crippen molar-refractivity contribution >= 4 is 17.4 Å². The number of rotatable bonds is 4. The highest BCUT2D eigenvalue weighted by atomic mass is 19.1. The molecule has 1 amide bonds. The number of phenols is 1. The average Bonchev–Trinajstić information content (AvgIpc) is 2.86. The number of carbonyl (C=O) groups is 2. The molecule has 0 saturated heterocycles. The van der Waals surface area contributed by atoms with Crippen molar-refractivity contribution in [2.24, 2.45) is 5.92 Å². The number of halogens is 1. The molecule has 0 bridgehead atoms. The highest BCUT2D eigenvalue weighted by molar-refractivity contribution is 6.16. The quantitative estimate of drug-likeness (QED) is 0.877. The number of aliphatic hydroxyl groups is 1. The molecule has 5 nitrogen and oxygen atoms in total. The molecule has 1 atom stereocenters. The second-order valence-corrected chi connectivity index (χ2v) is 6.43. The molecule has 0 fully saturated rings. The van der Waals surface area contributed by atoms with Crippen LogP contribution in [0.2, 0.25) is 0 Å². The van der Waals surface area contributed by atoms with E-state index in [1.54, 1.807) is 26.0 Å². The number of Topliss-reactive ketones (excluding diaryl/α,β-unsaturated/α-hetero) is 1. The maximum atomic E-state index is 13.7. The minimum absolute atomic E-state index is 0.0278. The summed E-state index contributed by atoms with van der Waals surface area (Å²) in [4.78, 5) is 26.6. The minimum atomic E-state index is -0.903. The lowest BCUT2D eigenvalue weighted by Gasteiger charge is -2.27. The molecule has 1 aliphatic heterocycles. The van der Waals surface area contributed by atoms with Crippen LogP contribution in [0.3, 0.4) is 0 Å². The van der Waals surface area contributed by atoms with Crippen molar-refractivity contribution < 1.29 is 24.2 Å². The molecule has 1 aliphatic rings.